The van der Waals surface area contributed by atoms with Crippen LogP contribution in [0.3, 0.4) is 0 Å². The maximum absolute atomic E-state index is 13.0. The Morgan fingerprint density at radius 3 is 2.40 bits per heavy atom. The quantitative estimate of drug-likeness (QED) is 0.743. The van der Waals surface area contributed by atoms with Gasteiger partial charge in [0.2, 0.25) is 0 Å². The van der Waals surface area contributed by atoms with E-state index in [1.807, 2.05) is 0 Å². The van der Waals surface area contributed by atoms with E-state index in [2.05, 4.69) is 20.4 Å². The van der Waals surface area contributed by atoms with Gasteiger partial charge >= 0.3 is 6.03 Å². The molecule has 0 spiro atoms. The van der Waals surface area contributed by atoms with Gasteiger partial charge < -0.3 is 10.6 Å². The monoisotopic (exact) mass is 339 g/mol. The lowest BCUT2D eigenvalue weighted by molar-refractivity contribution is 0.212. The number of nitrogens with zero attached hydrogens (tertiary/aromatic N) is 5. The fourth-order valence-electron chi connectivity index (χ4n) is 2.61. The van der Waals surface area contributed by atoms with E-state index >= 15 is 0 Å². The fourth-order valence-corrected chi connectivity index (χ4v) is 2.61. The molecule has 0 aliphatic carbocycles. The van der Waals surface area contributed by atoms with Crippen LogP contribution in [-0.2, 0) is 13.1 Å². The van der Waals surface area contributed by atoms with Crippen molar-refractivity contribution in [3.63, 3.8) is 0 Å². The molecule has 3 heterocycles. The van der Waals surface area contributed by atoms with Crippen molar-refractivity contribution in [1.82, 2.24) is 24.6 Å². The average molecular weight is 339 g/mol. The second-order valence-electron chi connectivity index (χ2n) is 5.59. The molecule has 1 aromatic carbocycles. The van der Waals surface area contributed by atoms with Crippen LogP contribution < -0.4 is 11.1 Å². The summed E-state index contributed by atoms with van der Waals surface area (Å²) in [6.45, 7) is 0.765. The first-order valence-electron chi connectivity index (χ1n) is 7.56. The van der Waals surface area contributed by atoms with Gasteiger partial charge in [0, 0.05) is 12.4 Å². The number of carbonyl (C=O) groups excluding carboxylic acids is 1. The van der Waals surface area contributed by atoms with Gasteiger partial charge in [0.1, 0.15) is 5.82 Å². The highest BCUT2D eigenvalue weighted by molar-refractivity contribution is 5.91. The zero-order valence-corrected chi connectivity index (χ0v) is 13.1. The maximum atomic E-state index is 13.0. The van der Waals surface area contributed by atoms with Crippen LogP contribution in [0, 0.1) is 5.82 Å². The SMILES string of the molecule is Nc1cn(-c2ccc(F)cc2)nc1NC(=O)N1Cc2nccnc2C1. The molecular weight excluding hydrogens is 325 g/mol. The van der Waals surface area contributed by atoms with Crippen molar-refractivity contribution in [1.29, 1.82) is 0 Å². The number of amides is 2. The number of nitrogens with two attached hydrogens (primary N) is 1. The van der Waals surface area contributed by atoms with Gasteiger partial charge in [-0.05, 0) is 24.3 Å². The highest BCUT2D eigenvalue weighted by Crippen LogP contribution is 2.22. The van der Waals surface area contributed by atoms with Gasteiger partial charge in [0.15, 0.2) is 5.82 Å². The predicted molar refractivity (Wildman–Crippen MR) is 88.2 cm³/mol. The minimum absolute atomic E-state index is 0.242. The molecule has 3 aromatic rings. The summed E-state index contributed by atoms with van der Waals surface area (Å²) in [5.74, 6) is -0.0978. The Labute approximate surface area is 142 Å². The van der Waals surface area contributed by atoms with E-state index in [1.54, 1.807) is 35.6 Å². The van der Waals surface area contributed by atoms with E-state index in [0.29, 0.717) is 24.5 Å². The van der Waals surface area contributed by atoms with E-state index in [0.717, 1.165) is 11.4 Å². The molecule has 0 radical (unpaired) electrons. The van der Waals surface area contributed by atoms with E-state index < -0.39 is 0 Å². The van der Waals surface area contributed by atoms with Crippen molar-refractivity contribution in [3.8, 4) is 5.69 Å². The molecule has 0 bridgehead atoms. The normalized spacial score (nSPS) is 12.9. The number of benzene rings is 1. The largest absolute Gasteiger partial charge is 0.394 e. The average Bonchev–Trinajstić information content (AvgIpc) is 3.19. The van der Waals surface area contributed by atoms with Crippen LogP contribution in [0.1, 0.15) is 11.4 Å². The second-order valence-corrected chi connectivity index (χ2v) is 5.59. The van der Waals surface area contributed by atoms with Gasteiger partial charge in [-0.25, -0.2) is 13.9 Å². The molecule has 2 amide bonds. The molecule has 9 heteroatoms. The predicted octanol–water partition coefficient (Wildman–Crippen LogP) is 1.93. The van der Waals surface area contributed by atoms with E-state index in [-0.39, 0.29) is 17.7 Å². The lowest BCUT2D eigenvalue weighted by Crippen LogP contribution is -2.30. The van der Waals surface area contributed by atoms with Crippen molar-refractivity contribution >= 4 is 17.5 Å². The molecule has 0 unspecified atom stereocenters. The van der Waals surface area contributed by atoms with Crippen LogP contribution in [-0.4, -0.2) is 30.7 Å². The van der Waals surface area contributed by atoms with Crippen LogP contribution in [0.5, 0.6) is 0 Å². The molecule has 0 atom stereocenters. The van der Waals surface area contributed by atoms with Crippen LogP contribution in [0.4, 0.5) is 20.7 Å². The summed E-state index contributed by atoms with van der Waals surface area (Å²) in [5, 5.41) is 6.94. The molecule has 2 aromatic heterocycles. The minimum Gasteiger partial charge on any atom is -0.394 e. The van der Waals surface area contributed by atoms with Crippen LogP contribution in [0.15, 0.2) is 42.9 Å². The minimum atomic E-state index is -0.340. The number of carbonyl (C=O) groups is 1. The molecule has 1 aliphatic heterocycles. The molecule has 4 rings (SSSR count). The summed E-state index contributed by atoms with van der Waals surface area (Å²) < 4.78 is 14.5. The highest BCUT2D eigenvalue weighted by Gasteiger charge is 2.26. The third-order valence-electron chi connectivity index (χ3n) is 3.89. The number of fused-ring (bicyclic) bond motifs is 1. The molecule has 3 N–H and O–H groups in total. The second kappa shape index (κ2) is 5.86. The Hall–Kier alpha value is -3.49. The number of halogens is 1. The van der Waals surface area contributed by atoms with Gasteiger partial charge in [0.25, 0.3) is 0 Å². The lowest BCUT2D eigenvalue weighted by Gasteiger charge is -2.14. The molecule has 1 aliphatic rings. The Bertz CT molecular complexity index is 913. The number of nitrogen functional groups attached to an aromatic ring is 1. The van der Waals surface area contributed by atoms with E-state index in [4.69, 9.17) is 5.73 Å². The fraction of sp³-hybridized carbons (Fsp3) is 0.125. The van der Waals surface area contributed by atoms with Crippen LogP contribution in [0.2, 0.25) is 0 Å². The molecule has 0 saturated carbocycles. The summed E-state index contributed by atoms with van der Waals surface area (Å²) in [4.78, 5) is 22.4. The third-order valence-corrected chi connectivity index (χ3v) is 3.89. The van der Waals surface area contributed by atoms with Crippen molar-refractivity contribution in [2.24, 2.45) is 0 Å². The number of hydrogen-bond acceptors (Lipinski definition) is 5. The number of aromatic nitrogens is 4. The smallest absolute Gasteiger partial charge is 0.323 e. The Morgan fingerprint density at radius 1 is 1.12 bits per heavy atom. The van der Waals surface area contributed by atoms with Gasteiger partial charge in [-0.3, -0.25) is 15.3 Å². The third kappa shape index (κ3) is 2.87. The first kappa shape index (κ1) is 15.1. The summed E-state index contributed by atoms with van der Waals surface area (Å²) >= 11 is 0. The maximum Gasteiger partial charge on any atom is 0.323 e. The van der Waals surface area contributed by atoms with Crippen LogP contribution >= 0.6 is 0 Å². The number of anilines is 2. The van der Waals surface area contributed by atoms with Crippen LogP contribution in [0.25, 0.3) is 5.69 Å². The molecule has 25 heavy (non-hydrogen) atoms. The Balaban J connectivity index is 1.50. The number of hydrogen-bond donors (Lipinski definition) is 2. The van der Waals surface area contributed by atoms with Crippen molar-refractivity contribution in [2.75, 3.05) is 11.1 Å². The topological polar surface area (TPSA) is 102 Å². The highest BCUT2D eigenvalue weighted by atomic mass is 19.1. The van der Waals surface area contributed by atoms with E-state index in [1.165, 1.54) is 16.8 Å². The number of nitrogens with one attached hydrogen (secondary N) is 1. The van der Waals surface area contributed by atoms with E-state index in [9.17, 15) is 9.18 Å². The summed E-state index contributed by atoms with van der Waals surface area (Å²) in [6, 6.07) is 5.46. The summed E-state index contributed by atoms with van der Waals surface area (Å²) in [7, 11) is 0. The first-order chi connectivity index (χ1) is 12.1. The van der Waals surface area contributed by atoms with Gasteiger partial charge in [-0.1, -0.05) is 0 Å². The van der Waals surface area contributed by atoms with Crippen molar-refractivity contribution in [2.45, 2.75) is 13.1 Å². The zero-order valence-electron chi connectivity index (χ0n) is 13.1. The summed E-state index contributed by atoms with van der Waals surface area (Å²) in [6.07, 6.45) is 4.76. The molecular formula is C16H14FN7O. The molecule has 8 nitrogen and oxygen atoms in total. The number of urea groups is 1. The summed E-state index contributed by atoms with van der Waals surface area (Å²) in [5.41, 5.74) is 8.43. The van der Waals surface area contributed by atoms with Crippen molar-refractivity contribution in [3.05, 3.63) is 60.1 Å². The molecule has 0 saturated heterocycles. The standard InChI is InChI=1S/C16H14FN7O/c17-10-1-3-11(4-2-10)24-7-12(18)15(22-24)21-16(25)23-8-13-14(9-23)20-6-5-19-13/h1-7H,8-9,18H2,(H,21,22,25). The van der Waals surface area contributed by atoms with Crippen molar-refractivity contribution < 1.29 is 9.18 Å². The number of rotatable bonds is 2. The van der Waals surface area contributed by atoms with Gasteiger partial charge in [-0.15, -0.1) is 5.10 Å². The lowest BCUT2D eigenvalue weighted by atomic mass is 10.3. The van der Waals surface area contributed by atoms with Gasteiger partial charge in [-0.2, -0.15) is 0 Å². The molecule has 126 valence electrons. The first-order valence-corrected chi connectivity index (χ1v) is 7.56. The molecule has 0 fully saturated rings. The Morgan fingerprint density at radius 2 is 1.76 bits per heavy atom. The zero-order chi connectivity index (χ0) is 17.4. The van der Waals surface area contributed by atoms with Gasteiger partial charge in [0.05, 0.1) is 42.0 Å². The Kier molecular flexibility index (Phi) is 3.53.